The molecule has 44 heavy (non-hydrogen) atoms. The minimum absolute atomic E-state index is 0.0439. The predicted molar refractivity (Wildman–Crippen MR) is 168 cm³/mol. The van der Waals surface area contributed by atoms with Gasteiger partial charge >= 0.3 is 5.97 Å². The maximum Gasteiger partial charge on any atom is 0.317 e. The predicted octanol–water partition coefficient (Wildman–Crippen LogP) is -1.17. The van der Waals surface area contributed by atoms with Crippen molar-refractivity contribution >= 4 is 30.0 Å². The zero-order valence-corrected chi connectivity index (χ0v) is 27.1. The van der Waals surface area contributed by atoms with Gasteiger partial charge < -0.3 is 35.9 Å². The van der Waals surface area contributed by atoms with E-state index in [0.717, 1.165) is 45.1 Å². The standard InChI is InChI=1S/C30H57N7O7/c1-4-25(3)8-6-7-10-32-30(44)26(24-39)33-27(40)9-11-31-28(41)22-36-16-13-34(5-2)12-14-35(20-21-38)15-17-37(19-18-36)23-29(42)43/h21,25-26,39H,4-20,22-24H2,1-3H3,(H,31,41)(H,32,44)(H,33,40)(H,42,43). The van der Waals surface area contributed by atoms with Crippen LogP contribution in [0.2, 0.25) is 0 Å². The number of unbranched alkanes of at least 4 members (excludes halogenated alkanes) is 1. The summed E-state index contributed by atoms with van der Waals surface area (Å²) in [5.74, 6) is -1.43. The molecule has 14 heteroatoms. The van der Waals surface area contributed by atoms with Gasteiger partial charge in [0.2, 0.25) is 17.7 Å². The smallest absolute Gasteiger partial charge is 0.317 e. The summed E-state index contributed by atoms with van der Waals surface area (Å²) in [5, 5.41) is 27.0. The number of carbonyl (C=O) groups is 5. The van der Waals surface area contributed by atoms with E-state index in [-0.39, 0.29) is 32.0 Å². The van der Waals surface area contributed by atoms with Crippen LogP contribution < -0.4 is 16.0 Å². The third kappa shape index (κ3) is 18.2. The van der Waals surface area contributed by atoms with Crippen molar-refractivity contribution in [1.82, 2.24) is 35.6 Å². The van der Waals surface area contributed by atoms with Gasteiger partial charge in [-0.1, -0.05) is 40.0 Å². The van der Waals surface area contributed by atoms with Crippen LogP contribution in [0, 0.1) is 5.92 Å². The molecule has 14 nitrogen and oxygen atoms in total. The number of aliphatic hydroxyl groups excluding tert-OH is 1. The second-order valence-corrected chi connectivity index (χ2v) is 11.6. The number of hydrogen-bond acceptors (Lipinski definition) is 10. The lowest BCUT2D eigenvalue weighted by atomic mass is 10.0. The number of aliphatic carboxylic acids is 1. The number of aldehydes is 1. The largest absolute Gasteiger partial charge is 0.480 e. The SMILES string of the molecule is CCC(C)CCCCNC(=O)C(CO)NC(=O)CCNC(=O)CN1CCN(CC)CCN(CC=O)CCN(CC(=O)O)CC1. The van der Waals surface area contributed by atoms with Gasteiger partial charge in [-0.2, -0.15) is 0 Å². The normalized spacial score (nSPS) is 17.9. The summed E-state index contributed by atoms with van der Waals surface area (Å²) in [5.41, 5.74) is 0. The summed E-state index contributed by atoms with van der Waals surface area (Å²) in [6.07, 6.45) is 4.88. The number of rotatable bonds is 19. The topological polar surface area (TPSA) is 175 Å². The number of hydrogen-bond donors (Lipinski definition) is 5. The number of carboxylic acid groups (broad SMARTS) is 1. The molecule has 0 aromatic carbocycles. The van der Waals surface area contributed by atoms with Crippen LogP contribution in [-0.2, 0) is 24.0 Å². The molecule has 1 fully saturated rings. The average molecular weight is 628 g/mol. The van der Waals surface area contributed by atoms with Gasteiger partial charge in [0.15, 0.2) is 0 Å². The summed E-state index contributed by atoms with van der Waals surface area (Å²) >= 11 is 0. The Hall–Kier alpha value is -2.65. The molecule has 0 radical (unpaired) electrons. The van der Waals surface area contributed by atoms with Gasteiger partial charge in [0.25, 0.3) is 0 Å². The van der Waals surface area contributed by atoms with Gasteiger partial charge in [0, 0.05) is 71.9 Å². The molecule has 1 aliphatic rings. The van der Waals surface area contributed by atoms with E-state index in [0.29, 0.717) is 64.8 Å². The van der Waals surface area contributed by atoms with E-state index in [4.69, 9.17) is 0 Å². The molecule has 0 spiro atoms. The second-order valence-electron chi connectivity index (χ2n) is 11.6. The lowest BCUT2D eigenvalue weighted by Crippen LogP contribution is -2.50. The first-order valence-electron chi connectivity index (χ1n) is 16.1. The fourth-order valence-electron chi connectivity index (χ4n) is 4.88. The fourth-order valence-corrected chi connectivity index (χ4v) is 4.88. The lowest BCUT2D eigenvalue weighted by Gasteiger charge is -2.32. The van der Waals surface area contributed by atoms with Crippen LogP contribution in [0.3, 0.4) is 0 Å². The monoisotopic (exact) mass is 627 g/mol. The molecule has 2 unspecified atom stereocenters. The molecular formula is C30H57N7O7. The van der Waals surface area contributed by atoms with E-state index in [1.807, 2.05) is 14.7 Å². The second kappa shape index (κ2) is 23.7. The van der Waals surface area contributed by atoms with Crippen molar-refractivity contribution in [3.63, 3.8) is 0 Å². The lowest BCUT2D eigenvalue weighted by molar-refractivity contribution is -0.138. The Balaban J connectivity index is 2.56. The Morgan fingerprint density at radius 2 is 1.39 bits per heavy atom. The third-order valence-electron chi connectivity index (χ3n) is 8.06. The average Bonchev–Trinajstić information content (AvgIpc) is 2.99. The van der Waals surface area contributed by atoms with Gasteiger partial charge in [-0.3, -0.25) is 33.9 Å². The molecule has 0 aromatic heterocycles. The molecular weight excluding hydrogens is 570 g/mol. The molecule has 0 aromatic rings. The summed E-state index contributed by atoms with van der Waals surface area (Å²) in [7, 11) is 0. The van der Waals surface area contributed by atoms with E-state index in [1.54, 1.807) is 0 Å². The van der Waals surface area contributed by atoms with Crippen LogP contribution in [0.25, 0.3) is 0 Å². The molecule has 5 N–H and O–H groups in total. The van der Waals surface area contributed by atoms with E-state index >= 15 is 0 Å². The number of nitrogens with one attached hydrogen (secondary N) is 3. The van der Waals surface area contributed by atoms with Crippen molar-refractivity contribution in [1.29, 1.82) is 0 Å². The van der Waals surface area contributed by atoms with Gasteiger partial charge in [0.05, 0.1) is 26.2 Å². The highest BCUT2D eigenvalue weighted by atomic mass is 16.4. The highest BCUT2D eigenvalue weighted by Crippen LogP contribution is 2.10. The van der Waals surface area contributed by atoms with Crippen LogP contribution in [0.1, 0.15) is 52.9 Å². The summed E-state index contributed by atoms with van der Waals surface area (Å²) in [4.78, 5) is 68.1. The van der Waals surface area contributed by atoms with Gasteiger partial charge in [-0.15, -0.1) is 0 Å². The fraction of sp³-hybridized carbons (Fsp3) is 0.833. The molecule has 1 rings (SSSR count). The van der Waals surface area contributed by atoms with Crippen molar-refractivity contribution < 1.29 is 34.2 Å². The molecule has 0 saturated carbocycles. The van der Waals surface area contributed by atoms with Crippen molar-refractivity contribution in [2.24, 2.45) is 5.92 Å². The number of likely N-dealkylation sites (N-methyl/N-ethyl adjacent to an activating group) is 1. The maximum absolute atomic E-state index is 12.8. The number of carbonyl (C=O) groups excluding carboxylic acids is 4. The third-order valence-corrected chi connectivity index (χ3v) is 8.06. The molecule has 1 aliphatic heterocycles. The quantitative estimate of drug-likeness (QED) is 0.0862. The molecule has 0 aliphatic carbocycles. The zero-order chi connectivity index (χ0) is 32.7. The Morgan fingerprint density at radius 3 is 1.93 bits per heavy atom. The number of aliphatic hydroxyl groups is 1. The molecule has 1 heterocycles. The first-order chi connectivity index (χ1) is 21.1. The molecule has 1 saturated heterocycles. The van der Waals surface area contributed by atoms with Gasteiger partial charge in [0.1, 0.15) is 12.3 Å². The Morgan fingerprint density at radius 1 is 0.795 bits per heavy atom. The minimum atomic E-state index is -1.05. The Kier molecular flexibility index (Phi) is 21.2. The summed E-state index contributed by atoms with van der Waals surface area (Å²) in [6.45, 7) is 12.3. The minimum Gasteiger partial charge on any atom is -0.480 e. The van der Waals surface area contributed by atoms with Crippen molar-refractivity contribution in [2.45, 2.75) is 58.9 Å². The van der Waals surface area contributed by atoms with Crippen molar-refractivity contribution in [3.8, 4) is 0 Å². The van der Waals surface area contributed by atoms with Crippen LogP contribution in [-0.4, -0.2) is 164 Å². The van der Waals surface area contributed by atoms with Gasteiger partial charge in [-0.25, -0.2) is 0 Å². The van der Waals surface area contributed by atoms with Crippen LogP contribution >= 0.6 is 0 Å². The molecule has 0 bridgehead atoms. The summed E-state index contributed by atoms with van der Waals surface area (Å²) < 4.78 is 0. The van der Waals surface area contributed by atoms with Gasteiger partial charge in [-0.05, 0) is 18.9 Å². The van der Waals surface area contributed by atoms with E-state index in [2.05, 4.69) is 41.6 Å². The van der Waals surface area contributed by atoms with E-state index in [1.165, 1.54) is 0 Å². The Labute approximate surface area is 262 Å². The van der Waals surface area contributed by atoms with Crippen molar-refractivity contribution in [2.75, 3.05) is 98.2 Å². The molecule has 3 amide bonds. The molecule has 254 valence electrons. The summed E-state index contributed by atoms with van der Waals surface area (Å²) in [6, 6.07) is -1.05. The highest BCUT2D eigenvalue weighted by molar-refractivity contribution is 5.88. The number of nitrogens with zero attached hydrogens (tertiary/aromatic N) is 4. The van der Waals surface area contributed by atoms with E-state index in [9.17, 15) is 34.2 Å². The van der Waals surface area contributed by atoms with Crippen LogP contribution in [0.4, 0.5) is 0 Å². The zero-order valence-electron chi connectivity index (χ0n) is 27.1. The van der Waals surface area contributed by atoms with E-state index < -0.39 is 30.4 Å². The number of amides is 3. The van der Waals surface area contributed by atoms with Crippen LogP contribution in [0.15, 0.2) is 0 Å². The first kappa shape index (κ1) is 39.4. The van der Waals surface area contributed by atoms with Crippen LogP contribution in [0.5, 0.6) is 0 Å². The maximum atomic E-state index is 12.8. The van der Waals surface area contributed by atoms with Crippen molar-refractivity contribution in [3.05, 3.63) is 0 Å². The Bertz CT molecular complexity index is 864. The highest BCUT2D eigenvalue weighted by Gasteiger charge is 2.21. The molecule has 2 atom stereocenters. The first-order valence-corrected chi connectivity index (χ1v) is 16.1. The number of carboxylic acids is 1.